The van der Waals surface area contributed by atoms with Gasteiger partial charge in [-0.05, 0) is 42.4 Å². The van der Waals surface area contributed by atoms with Crippen LogP contribution in [0.15, 0.2) is 18.2 Å². The molecule has 1 aromatic rings. The van der Waals surface area contributed by atoms with Crippen LogP contribution in [0.4, 0.5) is 0 Å². The molecular weight excluding hydrogens is 218 g/mol. The Balaban J connectivity index is 2.70. The van der Waals surface area contributed by atoms with Crippen LogP contribution in [0.2, 0.25) is 5.02 Å². The van der Waals surface area contributed by atoms with Crippen LogP contribution >= 0.6 is 11.6 Å². The summed E-state index contributed by atoms with van der Waals surface area (Å²) in [4.78, 5) is 0. The van der Waals surface area contributed by atoms with E-state index < -0.39 is 0 Å². The van der Waals surface area contributed by atoms with E-state index >= 15 is 0 Å². The van der Waals surface area contributed by atoms with Crippen LogP contribution in [-0.4, -0.2) is 0 Å². The molecule has 0 saturated heterocycles. The van der Waals surface area contributed by atoms with Gasteiger partial charge in [0.1, 0.15) is 0 Å². The number of rotatable bonds is 3. The molecule has 1 rings (SSSR count). The quantitative estimate of drug-likeness (QED) is 0.827. The summed E-state index contributed by atoms with van der Waals surface area (Å²) >= 11 is 6.19. The monoisotopic (exact) mass is 239 g/mol. The maximum absolute atomic E-state index is 6.19. The lowest BCUT2D eigenvalue weighted by atomic mass is 9.87. The van der Waals surface area contributed by atoms with E-state index in [1.54, 1.807) is 0 Å². The summed E-state index contributed by atoms with van der Waals surface area (Å²) in [5, 5.41) is 0.793. The van der Waals surface area contributed by atoms with Gasteiger partial charge in [-0.1, -0.05) is 44.5 Å². The van der Waals surface area contributed by atoms with Crippen molar-refractivity contribution in [1.29, 1.82) is 0 Å². The fraction of sp³-hybridized carbons (Fsp3) is 0.571. The van der Waals surface area contributed by atoms with Gasteiger partial charge in [0.15, 0.2) is 0 Å². The Kier molecular flexibility index (Phi) is 4.40. The molecule has 1 unspecified atom stereocenters. The van der Waals surface area contributed by atoms with Gasteiger partial charge >= 0.3 is 0 Å². The van der Waals surface area contributed by atoms with E-state index in [0.29, 0.717) is 5.41 Å². The smallest absolute Gasteiger partial charge is 0.0456 e. The summed E-state index contributed by atoms with van der Waals surface area (Å²) in [7, 11) is 0. The fourth-order valence-corrected chi connectivity index (χ4v) is 2.05. The lowest BCUT2D eigenvalue weighted by molar-refractivity contribution is 0.350. The summed E-state index contributed by atoms with van der Waals surface area (Å²) < 4.78 is 0. The van der Waals surface area contributed by atoms with Crippen LogP contribution in [0.1, 0.15) is 50.8 Å². The molecule has 0 heterocycles. The SMILES string of the molecule is Cc1ccc(C(N)CCC(C)(C)C)c(Cl)c1. The number of halogens is 1. The molecule has 1 aromatic carbocycles. The third kappa shape index (κ3) is 4.15. The van der Waals surface area contributed by atoms with Crippen LogP contribution in [0, 0.1) is 12.3 Å². The Labute approximate surface area is 104 Å². The minimum absolute atomic E-state index is 0.0484. The molecule has 0 aliphatic rings. The third-order valence-corrected chi connectivity index (χ3v) is 3.09. The van der Waals surface area contributed by atoms with Gasteiger partial charge in [-0.15, -0.1) is 0 Å². The number of nitrogens with two attached hydrogens (primary N) is 1. The van der Waals surface area contributed by atoms with Gasteiger partial charge in [-0.2, -0.15) is 0 Å². The van der Waals surface area contributed by atoms with Crippen LogP contribution in [0.25, 0.3) is 0 Å². The molecule has 2 N–H and O–H groups in total. The highest BCUT2D eigenvalue weighted by Crippen LogP contribution is 2.29. The minimum Gasteiger partial charge on any atom is -0.324 e. The predicted molar refractivity (Wildman–Crippen MR) is 71.8 cm³/mol. The van der Waals surface area contributed by atoms with Gasteiger partial charge in [0.05, 0.1) is 0 Å². The van der Waals surface area contributed by atoms with E-state index in [1.807, 2.05) is 19.1 Å². The highest BCUT2D eigenvalue weighted by atomic mass is 35.5. The number of aryl methyl sites for hydroxylation is 1. The molecular formula is C14H22ClN. The zero-order valence-corrected chi connectivity index (χ0v) is 11.4. The normalized spacial score (nSPS) is 13.9. The van der Waals surface area contributed by atoms with Gasteiger partial charge in [0.2, 0.25) is 0 Å². The lowest BCUT2D eigenvalue weighted by Gasteiger charge is -2.21. The first-order chi connectivity index (χ1) is 7.29. The Bertz CT molecular complexity index is 352. The summed E-state index contributed by atoms with van der Waals surface area (Å²) in [6.45, 7) is 8.74. The fourth-order valence-electron chi connectivity index (χ4n) is 1.68. The average Bonchev–Trinajstić information content (AvgIpc) is 2.13. The first-order valence-electron chi connectivity index (χ1n) is 5.81. The van der Waals surface area contributed by atoms with Crippen molar-refractivity contribution in [2.24, 2.45) is 11.1 Å². The van der Waals surface area contributed by atoms with Gasteiger partial charge in [-0.3, -0.25) is 0 Å². The summed E-state index contributed by atoms with van der Waals surface area (Å²) in [5.41, 5.74) is 8.74. The van der Waals surface area contributed by atoms with E-state index in [9.17, 15) is 0 Å². The maximum atomic E-state index is 6.19. The van der Waals surface area contributed by atoms with Crippen molar-refractivity contribution in [3.8, 4) is 0 Å². The van der Waals surface area contributed by atoms with Gasteiger partial charge < -0.3 is 5.73 Å². The van der Waals surface area contributed by atoms with Crippen LogP contribution < -0.4 is 5.73 Å². The van der Waals surface area contributed by atoms with Gasteiger partial charge in [0, 0.05) is 11.1 Å². The van der Waals surface area contributed by atoms with Gasteiger partial charge in [0.25, 0.3) is 0 Å². The molecule has 0 aliphatic carbocycles. The molecule has 2 heteroatoms. The van der Waals surface area contributed by atoms with E-state index in [1.165, 1.54) is 5.56 Å². The third-order valence-electron chi connectivity index (χ3n) is 2.76. The minimum atomic E-state index is 0.0484. The molecule has 0 fully saturated rings. The van der Waals surface area contributed by atoms with Crippen LogP contribution in [0.5, 0.6) is 0 Å². The largest absolute Gasteiger partial charge is 0.324 e. The highest BCUT2D eigenvalue weighted by Gasteiger charge is 2.15. The molecule has 90 valence electrons. The van der Waals surface area contributed by atoms with E-state index in [0.717, 1.165) is 23.4 Å². The molecule has 1 atom stereocenters. The lowest BCUT2D eigenvalue weighted by Crippen LogP contribution is -2.15. The zero-order valence-electron chi connectivity index (χ0n) is 10.7. The molecule has 0 amide bonds. The topological polar surface area (TPSA) is 26.0 Å². The molecule has 0 saturated carbocycles. The van der Waals surface area contributed by atoms with E-state index in [4.69, 9.17) is 17.3 Å². The van der Waals surface area contributed by atoms with Crippen molar-refractivity contribution in [1.82, 2.24) is 0 Å². The molecule has 0 aliphatic heterocycles. The Morgan fingerprint density at radius 3 is 2.44 bits per heavy atom. The summed E-state index contributed by atoms with van der Waals surface area (Å²) in [5.74, 6) is 0. The summed E-state index contributed by atoms with van der Waals surface area (Å²) in [6.07, 6.45) is 2.09. The Hall–Kier alpha value is -0.530. The average molecular weight is 240 g/mol. The van der Waals surface area contributed by atoms with E-state index in [-0.39, 0.29) is 6.04 Å². The standard InChI is InChI=1S/C14H22ClN/c1-10-5-6-11(12(15)9-10)13(16)7-8-14(2,3)4/h5-6,9,13H,7-8,16H2,1-4H3. The van der Waals surface area contributed by atoms with Crippen LogP contribution in [-0.2, 0) is 0 Å². The second-order valence-electron chi connectivity index (χ2n) is 5.73. The van der Waals surface area contributed by atoms with E-state index in [2.05, 4.69) is 26.8 Å². The number of hydrogen-bond donors (Lipinski definition) is 1. The zero-order chi connectivity index (χ0) is 12.3. The van der Waals surface area contributed by atoms with Crippen molar-refractivity contribution in [3.63, 3.8) is 0 Å². The molecule has 0 aromatic heterocycles. The molecule has 1 nitrogen and oxygen atoms in total. The maximum Gasteiger partial charge on any atom is 0.0456 e. The van der Waals surface area contributed by atoms with Gasteiger partial charge in [-0.25, -0.2) is 0 Å². The number of benzene rings is 1. The number of hydrogen-bond acceptors (Lipinski definition) is 1. The Morgan fingerprint density at radius 1 is 1.31 bits per heavy atom. The highest BCUT2D eigenvalue weighted by molar-refractivity contribution is 6.31. The summed E-state index contributed by atoms with van der Waals surface area (Å²) in [6, 6.07) is 6.14. The van der Waals surface area contributed by atoms with Crippen molar-refractivity contribution in [2.45, 2.75) is 46.6 Å². The first-order valence-corrected chi connectivity index (χ1v) is 6.19. The van der Waals surface area contributed by atoms with Crippen molar-refractivity contribution in [2.75, 3.05) is 0 Å². The second kappa shape index (κ2) is 5.20. The van der Waals surface area contributed by atoms with Crippen molar-refractivity contribution < 1.29 is 0 Å². The molecule has 0 spiro atoms. The molecule has 16 heavy (non-hydrogen) atoms. The van der Waals surface area contributed by atoms with Crippen molar-refractivity contribution in [3.05, 3.63) is 34.3 Å². The van der Waals surface area contributed by atoms with Crippen LogP contribution in [0.3, 0.4) is 0 Å². The molecule has 0 radical (unpaired) electrons. The molecule has 0 bridgehead atoms. The Morgan fingerprint density at radius 2 is 1.94 bits per heavy atom. The first kappa shape index (κ1) is 13.5. The predicted octanol–water partition coefficient (Wildman–Crippen LogP) is 4.47. The van der Waals surface area contributed by atoms with Crippen molar-refractivity contribution >= 4 is 11.6 Å². The second-order valence-corrected chi connectivity index (χ2v) is 6.14.